The number of aliphatic carboxylic acids is 1. The highest BCUT2D eigenvalue weighted by atomic mass is 16.4. The van der Waals surface area contributed by atoms with Crippen LogP contribution in [0.3, 0.4) is 0 Å². The van der Waals surface area contributed by atoms with Crippen molar-refractivity contribution in [2.45, 2.75) is 19.9 Å². The van der Waals surface area contributed by atoms with E-state index in [-0.39, 0.29) is 5.92 Å². The molecule has 0 spiro atoms. The zero-order chi connectivity index (χ0) is 12.1. The van der Waals surface area contributed by atoms with E-state index in [2.05, 4.69) is 10.3 Å². The number of carbonyl (C=O) groups is 2. The van der Waals surface area contributed by atoms with Crippen molar-refractivity contribution in [3.63, 3.8) is 0 Å². The van der Waals surface area contributed by atoms with Gasteiger partial charge in [0.1, 0.15) is 6.04 Å². The van der Waals surface area contributed by atoms with Crippen molar-refractivity contribution in [1.82, 2.24) is 10.3 Å². The molecule has 1 amide bonds. The lowest BCUT2D eigenvalue weighted by Gasteiger charge is -2.17. The average Bonchev–Trinajstić information content (AvgIpc) is 2.25. The van der Waals surface area contributed by atoms with E-state index in [0.29, 0.717) is 5.56 Å². The lowest BCUT2D eigenvalue weighted by Crippen LogP contribution is -2.44. The fourth-order valence-electron chi connectivity index (χ4n) is 1.24. The number of amides is 1. The Morgan fingerprint density at radius 1 is 1.44 bits per heavy atom. The molecule has 1 atom stereocenters. The van der Waals surface area contributed by atoms with Crippen molar-refractivity contribution < 1.29 is 14.7 Å². The molecule has 1 aromatic rings. The number of pyridine rings is 1. The molecule has 0 aliphatic carbocycles. The minimum absolute atomic E-state index is 0.168. The fraction of sp³-hybridized carbons (Fsp3) is 0.364. The highest BCUT2D eigenvalue weighted by Gasteiger charge is 2.23. The monoisotopic (exact) mass is 222 g/mol. The summed E-state index contributed by atoms with van der Waals surface area (Å²) >= 11 is 0. The Hall–Kier alpha value is -1.91. The Bertz CT molecular complexity index is 376. The Labute approximate surface area is 93.5 Å². The predicted molar refractivity (Wildman–Crippen MR) is 58.0 cm³/mol. The van der Waals surface area contributed by atoms with Gasteiger partial charge in [0.25, 0.3) is 5.91 Å². The van der Waals surface area contributed by atoms with Crippen LogP contribution in [0.25, 0.3) is 0 Å². The van der Waals surface area contributed by atoms with E-state index in [0.717, 1.165) is 0 Å². The Morgan fingerprint density at radius 2 is 2.12 bits per heavy atom. The van der Waals surface area contributed by atoms with Gasteiger partial charge in [-0.05, 0) is 18.1 Å². The number of hydrogen-bond donors (Lipinski definition) is 2. The molecule has 1 aromatic heterocycles. The third kappa shape index (κ3) is 3.05. The lowest BCUT2D eigenvalue weighted by atomic mass is 10.0. The molecule has 0 fully saturated rings. The second-order valence-corrected chi connectivity index (χ2v) is 3.78. The van der Waals surface area contributed by atoms with Crippen LogP contribution < -0.4 is 5.32 Å². The highest BCUT2D eigenvalue weighted by Crippen LogP contribution is 2.04. The lowest BCUT2D eigenvalue weighted by molar-refractivity contribution is -0.140. The zero-order valence-corrected chi connectivity index (χ0v) is 9.18. The summed E-state index contributed by atoms with van der Waals surface area (Å²) in [5, 5.41) is 11.4. The molecule has 0 unspecified atom stereocenters. The number of aromatic nitrogens is 1. The average molecular weight is 222 g/mol. The molecule has 86 valence electrons. The largest absolute Gasteiger partial charge is 0.480 e. The van der Waals surface area contributed by atoms with Gasteiger partial charge in [-0.25, -0.2) is 4.79 Å². The van der Waals surface area contributed by atoms with Gasteiger partial charge in [-0.3, -0.25) is 9.78 Å². The van der Waals surface area contributed by atoms with Crippen molar-refractivity contribution in [3.8, 4) is 0 Å². The van der Waals surface area contributed by atoms with Gasteiger partial charge in [0.2, 0.25) is 0 Å². The van der Waals surface area contributed by atoms with Crippen LogP contribution in [0.2, 0.25) is 0 Å². The van der Waals surface area contributed by atoms with Gasteiger partial charge in [0.15, 0.2) is 0 Å². The maximum atomic E-state index is 11.6. The van der Waals surface area contributed by atoms with E-state index in [1.165, 1.54) is 6.20 Å². The maximum Gasteiger partial charge on any atom is 0.326 e. The molecule has 0 aliphatic heterocycles. The minimum Gasteiger partial charge on any atom is -0.480 e. The molecule has 5 nitrogen and oxygen atoms in total. The number of carbonyl (C=O) groups excluding carboxylic acids is 1. The van der Waals surface area contributed by atoms with Crippen LogP contribution in [0.4, 0.5) is 0 Å². The molecule has 0 radical (unpaired) electrons. The van der Waals surface area contributed by atoms with E-state index in [4.69, 9.17) is 5.11 Å². The van der Waals surface area contributed by atoms with E-state index in [1.807, 2.05) is 0 Å². The van der Waals surface area contributed by atoms with Crippen LogP contribution in [0.15, 0.2) is 24.5 Å². The SMILES string of the molecule is CC(C)[C@H](NC(=O)c1cccnc1)C(=O)O. The number of hydrogen-bond acceptors (Lipinski definition) is 3. The number of nitrogens with one attached hydrogen (secondary N) is 1. The second-order valence-electron chi connectivity index (χ2n) is 3.78. The van der Waals surface area contributed by atoms with E-state index in [1.54, 1.807) is 32.2 Å². The summed E-state index contributed by atoms with van der Waals surface area (Å²) in [4.78, 5) is 26.3. The van der Waals surface area contributed by atoms with Crippen LogP contribution >= 0.6 is 0 Å². The van der Waals surface area contributed by atoms with Gasteiger partial charge in [0.05, 0.1) is 5.56 Å². The maximum absolute atomic E-state index is 11.6. The van der Waals surface area contributed by atoms with E-state index >= 15 is 0 Å². The number of carboxylic acid groups (broad SMARTS) is 1. The molecule has 1 rings (SSSR count). The number of carboxylic acids is 1. The summed E-state index contributed by atoms with van der Waals surface area (Å²) in [7, 11) is 0. The van der Waals surface area contributed by atoms with Gasteiger partial charge in [-0.1, -0.05) is 13.8 Å². The van der Waals surface area contributed by atoms with Gasteiger partial charge in [0, 0.05) is 12.4 Å². The molecule has 2 N–H and O–H groups in total. The standard InChI is InChI=1S/C11H14N2O3/c1-7(2)9(11(15)16)13-10(14)8-4-3-5-12-6-8/h3-7,9H,1-2H3,(H,13,14)(H,15,16)/t9-/m0/s1. The van der Waals surface area contributed by atoms with E-state index < -0.39 is 17.9 Å². The van der Waals surface area contributed by atoms with Gasteiger partial charge in [-0.2, -0.15) is 0 Å². The molecular weight excluding hydrogens is 208 g/mol. The first-order chi connectivity index (χ1) is 7.52. The third-order valence-corrected chi connectivity index (χ3v) is 2.14. The summed E-state index contributed by atoms with van der Waals surface area (Å²) in [6, 6.07) is 2.33. The van der Waals surface area contributed by atoms with Crippen molar-refractivity contribution in [2.24, 2.45) is 5.92 Å². The normalized spacial score (nSPS) is 12.2. The van der Waals surface area contributed by atoms with Crippen LogP contribution in [0.1, 0.15) is 24.2 Å². The minimum atomic E-state index is -1.03. The highest BCUT2D eigenvalue weighted by molar-refractivity contribution is 5.96. The molecule has 0 aliphatic rings. The second kappa shape index (κ2) is 5.25. The predicted octanol–water partition coefficient (Wildman–Crippen LogP) is 0.921. The first-order valence-electron chi connectivity index (χ1n) is 4.96. The molecule has 5 heteroatoms. The van der Waals surface area contributed by atoms with Crippen molar-refractivity contribution in [2.75, 3.05) is 0 Å². The summed E-state index contributed by atoms with van der Waals surface area (Å²) in [5.74, 6) is -1.63. The van der Waals surface area contributed by atoms with Crippen LogP contribution in [-0.4, -0.2) is 28.0 Å². The molecule has 16 heavy (non-hydrogen) atoms. The smallest absolute Gasteiger partial charge is 0.326 e. The molecule has 0 saturated heterocycles. The first kappa shape index (κ1) is 12.2. The fourth-order valence-corrected chi connectivity index (χ4v) is 1.24. The van der Waals surface area contributed by atoms with Crippen LogP contribution in [0.5, 0.6) is 0 Å². The topological polar surface area (TPSA) is 79.3 Å². The summed E-state index contributed by atoms with van der Waals surface area (Å²) in [6.07, 6.45) is 2.95. The zero-order valence-electron chi connectivity index (χ0n) is 9.18. The summed E-state index contributed by atoms with van der Waals surface area (Å²) in [6.45, 7) is 3.48. The summed E-state index contributed by atoms with van der Waals surface area (Å²) < 4.78 is 0. The Kier molecular flexibility index (Phi) is 3.99. The molecule has 0 saturated carbocycles. The molecular formula is C11H14N2O3. The van der Waals surface area contributed by atoms with Crippen LogP contribution in [-0.2, 0) is 4.79 Å². The number of rotatable bonds is 4. The Balaban J connectivity index is 2.74. The van der Waals surface area contributed by atoms with Crippen molar-refractivity contribution >= 4 is 11.9 Å². The van der Waals surface area contributed by atoms with Gasteiger partial charge < -0.3 is 10.4 Å². The quantitative estimate of drug-likeness (QED) is 0.794. The van der Waals surface area contributed by atoms with E-state index in [9.17, 15) is 9.59 Å². The number of nitrogens with zero attached hydrogens (tertiary/aromatic N) is 1. The van der Waals surface area contributed by atoms with Crippen LogP contribution in [0, 0.1) is 5.92 Å². The van der Waals surface area contributed by atoms with Gasteiger partial charge >= 0.3 is 5.97 Å². The van der Waals surface area contributed by atoms with Crippen molar-refractivity contribution in [1.29, 1.82) is 0 Å². The molecule has 1 heterocycles. The van der Waals surface area contributed by atoms with Crippen molar-refractivity contribution in [3.05, 3.63) is 30.1 Å². The summed E-state index contributed by atoms with van der Waals surface area (Å²) in [5.41, 5.74) is 0.356. The Morgan fingerprint density at radius 3 is 2.56 bits per heavy atom. The molecule has 0 bridgehead atoms. The van der Waals surface area contributed by atoms with Gasteiger partial charge in [-0.15, -0.1) is 0 Å². The molecule has 0 aromatic carbocycles. The first-order valence-corrected chi connectivity index (χ1v) is 4.96. The third-order valence-electron chi connectivity index (χ3n) is 2.14.